The van der Waals surface area contributed by atoms with Crippen LogP contribution in [0.3, 0.4) is 0 Å². The monoisotopic (exact) mass is 246 g/mol. The molecule has 2 aliphatic rings. The fourth-order valence-corrected chi connectivity index (χ4v) is 2.02. The van der Waals surface area contributed by atoms with Crippen LogP contribution in [-0.4, -0.2) is 50.2 Å². The molecule has 0 amide bonds. The lowest BCUT2D eigenvalue weighted by Gasteiger charge is -2.18. The average molecular weight is 246 g/mol. The minimum Gasteiger partial charge on any atom is -0.376 e. The van der Waals surface area contributed by atoms with E-state index in [1.807, 2.05) is 27.7 Å². The summed E-state index contributed by atoms with van der Waals surface area (Å²) in [4.78, 5) is 0. The Morgan fingerprint density at radius 2 is 1.29 bits per heavy atom. The molecule has 0 unspecified atom stereocenters. The molecule has 0 aromatic heterocycles. The summed E-state index contributed by atoms with van der Waals surface area (Å²) >= 11 is 0. The van der Waals surface area contributed by atoms with Gasteiger partial charge in [-0.2, -0.15) is 0 Å². The standard InChI is InChI=1S/C12H22O5/c1-11(2)14-7-9(16-11)5-13-6-10-8-15-12(3,4)17-10/h9-10H,5-8H2,1-4H3/t9-,10+. The van der Waals surface area contributed by atoms with Gasteiger partial charge in [-0.1, -0.05) is 0 Å². The summed E-state index contributed by atoms with van der Waals surface area (Å²) in [6.07, 6.45) is 0.0284. The van der Waals surface area contributed by atoms with E-state index in [-0.39, 0.29) is 12.2 Å². The first kappa shape index (κ1) is 13.2. The maximum absolute atomic E-state index is 5.64. The van der Waals surface area contributed by atoms with Crippen LogP contribution in [0.2, 0.25) is 0 Å². The number of ether oxygens (including phenoxy) is 5. The van der Waals surface area contributed by atoms with Gasteiger partial charge in [0, 0.05) is 0 Å². The van der Waals surface area contributed by atoms with Crippen molar-refractivity contribution in [2.45, 2.75) is 51.5 Å². The van der Waals surface area contributed by atoms with Gasteiger partial charge >= 0.3 is 0 Å². The topological polar surface area (TPSA) is 46.2 Å². The zero-order valence-corrected chi connectivity index (χ0v) is 11.0. The molecule has 0 saturated carbocycles. The van der Waals surface area contributed by atoms with Crippen LogP contribution in [0.5, 0.6) is 0 Å². The van der Waals surface area contributed by atoms with Gasteiger partial charge in [-0.3, -0.25) is 0 Å². The van der Waals surface area contributed by atoms with Gasteiger partial charge in [-0.15, -0.1) is 0 Å². The lowest BCUT2D eigenvalue weighted by molar-refractivity contribution is -0.154. The Morgan fingerprint density at radius 3 is 1.59 bits per heavy atom. The summed E-state index contributed by atoms with van der Waals surface area (Å²) in [6, 6.07) is 0. The van der Waals surface area contributed by atoms with Gasteiger partial charge in [-0.05, 0) is 27.7 Å². The third-order valence-electron chi connectivity index (χ3n) is 2.74. The van der Waals surface area contributed by atoms with E-state index >= 15 is 0 Å². The van der Waals surface area contributed by atoms with E-state index in [1.165, 1.54) is 0 Å². The normalized spacial score (nSPS) is 35.3. The maximum Gasteiger partial charge on any atom is 0.163 e. The van der Waals surface area contributed by atoms with Gasteiger partial charge in [0.05, 0.1) is 26.4 Å². The fourth-order valence-electron chi connectivity index (χ4n) is 2.02. The highest BCUT2D eigenvalue weighted by molar-refractivity contribution is 4.72. The molecule has 0 N–H and O–H groups in total. The van der Waals surface area contributed by atoms with E-state index in [0.29, 0.717) is 26.4 Å². The quantitative estimate of drug-likeness (QED) is 0.748. The highest BCUT2D eigenvalue weighted by atomic mass is 16.8. The van der Waals surface area contributed by atoms with Crippen molar-refractivity contribution in [1.82, 2.24) is 0 Å². The Morgan fingerprint density at radius 1 is 0.882 bits per heavy atom. The molecule has 17 heavy (non-hydrogen) atoms. The fraction of sp³-hybridized carbons (Fsp3) is 1.00. The molecule has 2 aliphatic heterocycles. The molecule has 2 saturated heterocycles. The molecule has 0 aliphatic carbocycles. The van der Waals surface area contributed by atoms with Crippen molar-refractivity contribution in [2.75, 3.05) is 26.4 Å². The van der Waals surface area contributed by atoms with Crippen LogP contribution in [-0.2, 0) is 23.7 Å². The molecule has 0 aromatic rings. The number of hydrogen-bond acceptors (Lipinski definition) is 5. The third kappa shape index (κ3) is 3.89. The van der Waals surface area contributed by atoms with Crippen molar-refractivity contribution in [3.8, 4) is 0 Å². The highest BCUT2D eigenvalue weighted by Gasteiger charge is 2.34. The van der Waals surface area contributed by atoms with Gasteiger partial charge in [0.1, 0.15) is 12.2 Å². The van der Waals surface area contributed by atoms with Crippen LogP contribution in [0, 0.1) is 0 Å². The van der Waals surface area contributed by atoms with E-state index < -0.39 is 11.6 Å². The molecule has 2 atom stereocenters. The molecule has 0 bridgehead atoms. The molecule has 0 radical (unpaired) electrons. The zero-order chi connectivity index (χ0) is 12.5. The van der Waals surface area contributed by atoms with Gasteiger partial charge in [0.2, 0.25) is 0 Å². The predicted octanol–water partition coefficient (Wildman–Crippen LogP) is 1.31. The Hall–Kier alpha value is -0.200. The van der Waals surface area contributed by atoms with Gasteiger partial charge < -0.3 is 23.7 Å². The Bertz CT molecular complexity index is 238. The minimum absolute atomic E-state index is 0.0142. The van der Waals surface area contributed by atoms with Crippen molar-refractivity contribution in [1.29, 1.82) is 0 Å². The van der Waals surface area contributed by atoms with Crippen molar-refractivity contribution in [3.05, 3.63) is 0 Å². The van der Waals surface area contributed by atoms with Crippen LogP contribution in [0.4, 0.5) is 0 Å². The van der Waals surface area contributed by atoms with Crippen molar-refractivity contribution < 1.29 is 23.7 Å². The molecule has 100 valence electrons. The third-order valence-corrected chi connectivity index (χ3v) is 2.74. The van der Waals surface area contributed by atoms with E-state index in [0.717, 1.165) is 0 Å². The smallest absolute Gasteiger partial charge is 0.163 e. The Balaban J connectivity index is 1.61. The van der Waals surface area contributed by atoms with E-state index in [1.54, 1.807) is 0 Å². The van der Waals surface area contributed by atoms with E-state index in [9.17, 15) is 0 Å². The van der Waals surface area contributed by atoms with E-state index in [2.05, 4.69) is 0 Å². The van der Waals surface area contributed by atoms with Crippen LogP contribution in [0.1, 0.15) is 27.7 Å². The zero-order valence-electron chi connectivity index (χ0n) is 11.0. The van der Waals surface area contributed by atoms with Gasteiger partial charge in [-0.25, -0.2) is 0 Å². The lowest BCUT2D eigenvalue weighted by Crippen LogP contribution is -2.27. The molecule has 5 heteroatoms. The van der Waals surface area contributed by atoms with Gasteiger partial charge in [0.25, 0.3) is 0 Å². The predicted molar refractivity (Wildman–Crippen MR) is 60.6 cm³/mol. The summed E-state index contributed by atoms with van der Waals surface area (Å²) in [5.41, 5.74) is 0. The van der Waals surface area contributed by atoms with Crippen LogP contribution < -0.4 is 0 Å². The van der Waals surface area contributed by atoms with Crippen molar-refractivity contribution in [2.24, 2.45) is 0 Å². The first-order chi connectivity index (χ1) is 7.86. The second kappa shape index (κ2) is 4.82. The lowest BCUT2D eigenvalue weighted by atomic mass is 10.4. The van der Waals surface area contributed by atoms with Crippen LogP contribution >= 0.6 is 0 Å². The molecule has 2 rings (SSSR count). The highest BCUT2D eigenvalue weighted by Crippen LogP contribution is 2.24. The maximum atomic E-state index is 5.64. The Labute approximate surface area is 102 Å². The molecule has 2 fully saturated rings. The second-order valence-corrected chi connectivity index (χ2v) is 5.44. The summed E-state index contributed by atoms with van der Waals surface area (Å²) in [6.45, 7) is 9.86. The summed E-state index contributed by atoms with van der Waals surface area (Å²) in [5, 5.41) is 0. The SMILES string of the molecule is CC1(C)OC[C@@H](COC[C@H]2COC(C)(C)O2)O1. The van der Waals surface area contributed by atoms with Crippen molar-refractivity contribution in [3.63, 3.8) is 0 Å². The molecule has 2 heterocycles. The average Bonchev–Trinajstić information content (AvgIpc) is 2.70. The number of rotatable bonds is 4. The van der Waals surface area contributed by atoms with Crippen LogP contribution in [0.25, 0.3) is 0 Å². The summed E-state index contributed by atoms with van der Waals surface area (Å²) in [5.74, 6) is -0.966. The first-order valence-corrected chi connectivity index (χ1v) is 6.08. The Kier molecular flexibility index (Phi) is 3.75. The van der Waals surface area contributed by atoms with Crippen molar-refractivity contribution >= 4 is 0 Å². The molecular formula is C12H22O5. The second-order valence-electron chi connectivity index (χ2n) is 5.44. The largest absolute Gasteiger partial charge is 0.376 e. The minimum atomic E-state index is -0.483. The molecule has 0 spiro atoms. The molecule has 0 aromatic carbocycles. The summed E-state index contributed by atoms with van der Waals surface area (Å²) in [7, 11) is 0. The first-order valence-electron chi connectivity index (χ1n) is 6.08. The van der Waals surface area contributed by atoms with Gasteiger partial charge in [0.15, 0.2) is 11.6 Å². The molecule has 5 nitrogen and oxygen atoms in total. The van der Waals surface area contributed by atoms with E-state index in [4.69, 9.17) is 23.7 Å². The summed E-state index contributed by atoms with van der Waals surface area (Å²) < 4.78 is 27.7. The molecular weight excluding hydrogens is 224 g/mol. The van der Waals surface area contributed by atoms with Crippen LogP contribution in [0.15, 0.2) is 0 Å². The number of hydrogen-bond donors (Lipinski definition) is 0.